The van der Waals surface area contributed by atoms with E-state index >= 15 is 0 Å². The predicted octanol–water partition coefficient (Wildman–Crippen LogP) is 0.366. The summed E-state index contributed by atoms with van der Waals surface area (Å²) in [6.07, 6.45) is -0.0902. The molecule has 0 unspecified atom stereocenters. The van der Waals surface area contributed by atoms with Crippen LogP contribution in [0.1, 0.15) is 25.7 Å². The van der Waals surface area contributed by atoms with Gasteiger partial charge in [-0.1, -0.05) is 25.1 Å². The maximum atomic E-state index is 12.5. The van der Waals surface area contributed by atoms with Crippen molar-refractivity contribution < 1.29 is 68.7 Å². The minimum atomic E-state index is -4.67. The van der Waals surface area contributed by atoms with Crippen molar-refractivity contribution in [3.05, 3.63) is 0 Å². The molecule has 1 aliphatic carbocycles. The van der Waals surface area contributed by atoms with Crippen LogP contribution in [0.5, 0.6) is 0 Å². The van der Waals surface area contributed by atoms with Crippen molar-refractivity contribution in [3.63, 3.8) is 0 Å². The van der Waals surface area contributed by atoms with Crippen LogP contribution in [0.4, 0.5) is 17.3 Å². The first kappa shape index (κ1) is 14.4. The van der Waals surface area contributed by atoms with Gasteiger partial charge < -0.3 is 12.9 Å². The molecule has 6 heteroatoms. The smallest absolute Gasteiger partial charge is 0.449 e. The zero-order valence-electron chi connectivity index (χ0n) is 7.78. The molecule has 0 spiro atoms. The van der Waals surface area contributed by atoms with E-state index in [2.05, 4.69) is 0 Å². The minimum Gasteiger partial charge on any atom is -0.449 e. The Labute approximate surface area is 118 Å². The molecule has 0 aromatic carbocycles. The van der Waals surface area contributed by atoms with Gasteiger partial charge in [0.1, 0.15) is 6.17 Å². The molecule has 1 fully saturated rings. The Morgan fingerprint density at radius 1 is 1.00 bits per heavy atom. The van der Waals surface area contributed by atoms with E-state index in [1.54, 1.807) is 0 Å². The zero-order chi connectivity index (χ0) is 9.19. The second kappa shape index (κ2) is 6.10. The largest absolute Gasteiger partial charge is 1.00 e. The van der Waals surface area contributed by atoms with Gasteiger partial charge in [0.05, 0.1) is 0 Å². The van der Waals surface area contributed by atoms with Gasteiger partial charge in [0.25, 0.3) is 0 Å². The quantitative estimate of drug-likeness (QED) is 0.467. The molecule has 0 aromatic heterocycles. The Bertz CT molecular complexity index is 142. The molecule has 0 amide bonds. The Morgan fingerprint density at radius 3 is 1.85 bits per heavy atom. The summed E-state index contributed by atoms with van der Waals surface area (Å²) in [7, 11) is 0. The average Bonchev–Trinajstić information content (AvgIpc) is 1.91. The summed E-state index contributed by atoms with van der Waals surface area (Å²) in [6.45, 7) is -4.67. The van der Waals surface area contributed by atoms with Gasteiger partial charge in [0.15, 0.2) is 0 Å². The van der Waals surface area contributed by atoms with Crippen LogP contribution in [0.3, 0.4) is 0 Å². The molecule has 0 aromatic rings. The third kappa shape index (κ3) is 6.49. The molecule has 0 saturated heterocycles. The van der Waals surface area contributed by atoms with Gasteiger partial charge >= 0.3 is 58.4 Å². The van der Waals surface area contributed by atoms with Crippen molar-refractivity contribution in [2.45, 2.75) is 38.2 Å². The van der Waals surface area contributed by atoms with Crippen molar-refractivity contribution in [1.29, 1.82) is 0 Å². The van der Waals surface area contributed by atoms with E-state index in [0.717, 1.165) is 0 Å². The molecule has 0 aliphatic heterocycles. The van der Waals surface area contributed by atoms with Crippen LogP contribution in [0, 0.1) is 5.92 Å². The maximum absolute atomic E-state index is 12.5. The van der Waals surface area contributed by atoms with Crippen molar-refractivity contribution in [2.75, 3.05) is 0 Å². The van der Waals surface area contributed by atoms with E-state index in [9.17, 15) is 17.3 Å². The topological polar surface area (TPSA) is 0 Å². The van der Waals surface area contributed by atoms with E-state index in [1.165, 1.54) is 0 Å². The van der Waals surface area contributed by atoms with Gasteiger partial charge in [-0.2, -0.15) is 0 Å². The normalized spacial score (nSPS) is 29.5. The van der Waals surface area contributed by atoms with Crippen LogP contribution < -0.4 is 51.4 Å². The fourth-order valence-corrected chi connectivity index (χ4v) is 1.74. The fourth-order valence-electron chi connectivity index (χ4n) is 1.74. The van der Waals surface area contributed by atoms with Crippen LogP contribution in [-0.4, -0.2) is 13.1 Å². The first-order valence-corrected chi connectivity index (χ1v) is 4.32. The van der Waals surface area contributed by atoms with Crippen LogP contribution >= 0.6 is 0 Å². The van der Waals surface area contributed by atoms with Crippen molar-refractivity contribution in [3.8, 4) is 0 Å². The molecule has 0 N–H and O–H groups in total. The Hall–Kier alpha value is 1.42. The summed E-state index contributed by atoms with van der Waals surface area (Å²) < 4.78 is 48.2. The van der Waals surface area contributed by atoms with Gasteiger partial charge in [-0.3, -0.25) is 0 Å². The molecule has 1 saturated carbocycles. The van der Waals surface area contributed by atoms with Gasteiger partial charge in [0, 0.05) is 0 Å². The monoisotopic (exact) mass is 222 g/mol. The maximum Gasteiger partial charge on any atom is 1.00 e. The summed E-state index contributed by atoms with van der Waals surface area (Å²) in [6, 6.07) is 0. The number of halogens is 4. The number of hydrogen-bond donors (Lipinski definition) is 0. The van der Waals surface area contributed by atoms with Crippen LogP contribution in [-0.2, 0) is 0 Å². The van der Waals surface area contributed by atoms with E-state index in [1.807, 2.05) is 0 Å². The SMILES string of the molecule is FC1CCC(C[B-](F)(F)F)CC1.[K+]. The fraction of sp³-hybridized carbons (Fsp3) is 1.00. The summed E-state index contributed by atoms with van der Waals surface area (Å²) >= 11 is 0. The summed E-state index contributed by atoms with van der Waals surface area (Å²) in [4.78, 5) is 0. The van der Waals surface area contributed by atoms with E-state index in [0.29, 0.717) is 25.7 Å². The second-order valence-corrected chi connectivity index (χ2v) is 3.56. The third-order valence-electron chi connectivity index (χ3n) is 2.38. The predicted molar refractivity (Wildman–Crippen MR) is 40.7 cm³/mol. The van der Waals surface area contributed by atoms with Gasteiger partial charge in [-0.15, -0.1) is 0 Å². The standard InChI is InChI=1S/C7H12BF4.K/c9-7-3-1-6(2-4-7)5-8(10,11)12;/h6-7H,1-5H2;/q-1;+1. The van der Waals surface area contributed by atoms with Gasteiger partial charge in [-0.25, -0.2) is 4.39 Å². The molecule has 1 rings (SSSR count). The van der Waals surface area contributed by atoms with Crippen LogP contribution in [0.15, 0.2) is 0 Å². The Morgan fingerprint density at radius 2 is 1.46 bits per heavy atom. The van der Waals surface area contributed by atoms with E-state index < -0.39 is 19.5 Å². The molecular formula is C7H12BF4K. The molecular weight excluding hydrogens is 210 g/mol. The summed E-state index contributed by atoms with van der Waals surface area (Å²) in [5.41, 5.74) is 0. The van der Waals surface area contributed by atoms with Crippen LogP contribution in [0.2, 0.25) is 6.32 Å². The zero-order valence-corrected chi connectivity index (χ0v) is 10.9. The average molecular weight is 222 g/mol. The van der Waals surface area contributed by atoms with Crippen LogP contribution in [0.25, 0.3) is 0 Å². The molecule has 72 valence electrons. The molecule has 1 aliphatic rings. The molecule has 13 heavy (non-hydrogen) atoms. The first-order valence-electron chi connectivity index (χ1n) is 4.32. The Balaban J connectivity index is 0.00000144. The Kier molecular flexibility index (Phi) is 6.77. The van der Waals surface area contributed by atoms with E-state index in [4.69, 9.17) is 0 Å². The molecule has 0 nitrogen and oxygen atoms in total. The minimum absolute atomic E-state index is 0. The van der Waals surface area contributed by atoms with E-state index in [-0.39, 0.29) is 57.3 Å². The van der Waals surface area contributed by atoms with Gasteiger partial charge in [-0.05, 0) is 12.8 Å². The third-order valence-corrected chi connectivity index (χ3v) is 2.38. The van der Waals surface area contributed by atoms with Crippen molar-refractivity contribution in [2.24, 2.45) is 5.92 Å². The second-order valence-electron chi connectivity index (χ2n) is 3.56. The summed E-state index contributed by atoms with van der Waals surface area (Å²) in [5, 5.41) is 0. The molecule has 0 radical (unpaired) electrons. The summed E-state index contributed by atoms with van der Waals surface area (Å²) in [5.74, 6) is -0.308. The van der Waals surface area contributed by atoms with Crippen molar-refractivity contribution in [1.82, 2.24) is 0 Å². The number of hydrogen-bond acceptors (Lipinski definition) is 0. The molecule has 0 bridgehead atoms. The first-order chi connectivity index (χ1) is 5.47. The van der Waals surface area contributed by atoms with Gasteiger partial charge in [0.2, 0.25) is 0 Å². The molecule has 0 atom stereocenters. The molecule has 0 heterocycles. The van der Waals surface area contributed by atoms with Crippen molar-refractivity contribution >= 4 is 6.98 Å². The number of alkyl halides is 1. The number of rotatable bonds is 2.